The number of rotatable bonds is 2. The van der Waals surface area contributed by atoms with Crippen molar-refractivity contribution in [2.24, 2.45) is 5.16 Å². The van der Waals surface area contributed by atoms with E-state index in [4.69, 9.17) is 4.84 Å². The van der Waals surface area contributed by atoms with Crippen LogP contribution in [0.3, 0.4) is 0 Å². The van der Waals surface area contributed by atoms with Crippen LogP contribution in [0.15, 0.2) is 59.8 Å². The third-order valence-corrected chi connectivity index (χ3v) is 3.08. The molecule has 0 bridgehead atoms. The first-order valence-electron chi connectivity index (χ1n) is 6.28. The first-order valence-corrected chi connectivity index (χ1v) is 6.28. The average molecular weight is 271 g/mol. The van der Waals surface area contributed by atoms with Crippen molar-refractivity contribution in [3.63, 3.8) is 0 Å². The molecule has 4 nitrogen and oxygen atoms in total. The summed E-state index contributed by atoms with van der Waals surface area (Å²) < 4.78 is 12.9. The number of hydrogen-bond donors (Lipinski definition) is 1. The van der Waals surface area contributed by atoms with Gasteiger partial charge in [-0.15, -0.1) is 0 Å². The molecule has 102 valence electrons. The molecule has 0 saturated carbocycles. The number of hydrogen-bond acceptors (Lipinski definition) is 4. The van der Waals surface area contributed by atoms with Gasteiger partial charge >= 0.3 is 0 Å². The minimum atomic E-state index is -0.423. The van der Waals surface area contributed by atoms with E-state index in [0.29, 0.717) is 5.84 Å². The lowest BCUT2D eigenvalue weighted by atomic mass is 10.2. The van der Waals surface area contributed by atoms with Crippen molar-refractivity contribution in [1.82, 2.24) is 10.4 Å². The first-order chi connectivity index (χ1) is 9.74. The SMILES string of the molecule is CN1NC(c2ccc(F)cc2)ON=C1c1ccccc1. The molecular weight excluding hydrogens is 257 g/mol. The molecule has 0 spiro atoms. The zero-order valence-electron chi connectivity index (χ0n) is 11.0. The second-order valence-electron chi connectivity index (χ2n) is 4.51. The van der Waals surface area contributed by atoms with Gasteiger partial charge in [0.1, 0.15) is 5.82 Å². The Balaban J connectivity index is 1.82. The number of nitrogens with one attached hydrogen (secondary N) is 1. The van der Waals surface area contributed by atoms with E-state index in [1.165, 1.54) is 12.1 Å². The lowest BCUT2D eigenvalue weighted by Crippen LogP contribution is -2.46. The molecule has 1 atom stereocenters. The van der Waals surface area contributed by atoms with Crippen LogP contribution in [0.5, 0.6) is 0 Å². The van der Waals surface area contributed by atoms with E-state index in [9.17, 15) is 4.39 Å². The number of benzene rings is 2. The van der Waals surface area contributed by atoms with Gasteiger partial charge in [0.25, 0.3) is 0 Å². The monoisotopic (exact) mass is 271 g/mol. The van der Waals surface area contributed by atoms with Gasteiger partial charge in [-0.1, -0.05) is 47.6 Å². The molecule has 1 heterocycles. The van der Waals surface area contributed by atoms with Crippen LogP contribution in [-0.2, 0) is 4.84 Å². The molecule has 1 aliphatic heterocycles. The van der Waals surface area contributed by atoms with Crippen molar-refractivity contribution in [2.75, 3.05) is 7.05 Å². The van der Waals surface area contributed by atoms with E-state index >= 15 is 0 Å². The normalized spacial score (nSPS) is 18.4. The molecule has 2 aromatic carbocycles. The van der Waals surface area contributed by atoms with Gasteiger partial charge in [0.2, 0.25) is 6.23 Å². The van der Waals surface area contributed by atoms with Crippen LogP contribution in [-0.4, -0.2) is 17.9 Å². The molecule has 1 unspecified atom stereocenters. The standard InChI is InChI=1S/C15H14FN3O/c1-19-14(11-5-3-2-4-6-11)18-20-15(17-19)12-7-9-13(16)10-8-12/h2-10,15,17H,1H3. The highest BCUT2D eigenvalue weighted by atomic mass is 19.1. The van der Waals surface area contributed by atoms with Gasteiger partial charge in [-0.2, -0.15) is 5.43 Å². The minimum absolute atomic E-state index is 0.272. The molecule has 0 aromatic heterocycles. The highest BCUT2D eigenvalue weighted by molar-refractivity contribution is 5.98. The topological polar surface area (TPSA) is 36.9 Å². The lowest BCUT2D eigenvalue weighted by molar-refractivity contribution is -0.0237. The summed E-state index contributed by atoms with van der Waals surface area (Å²) in [5, 5.41) is 5.95. The first kappa shape index (κ1) is 12.6. The summed E-state index contributed by atoms with van der Waals surface area (Å²) >= 11 is 0. The zero-order chi connectivity index (χ0) is 13.9. The van der Waals surface area contributed by atoms with E-state index in [1.54, 1.807) is 17.1 Å². The summed E-state index contributed by atoms with van der Waals surface area (Å²) in [5.41, 5.74) is 4.93. The Labute approximate surface area is 116 Å². The maximum absolute atomic E-state index is 12.9. The van der Waals surface area contributed by atoms with Gasteiger partial charge in [-0.25, -0.2) is 4.39 Å². The van der Waals surface area contributed by atoms with Crippen LogP contribution < -0.4 is 5.43 Å². The van der Waals surface area contributed by atoms with Crippen molar-refractivity contribution < 1.29 is 9.23 Å². The van der Waals surface area contributed by atoms with Gasteiger partial charge in [0.15, 0.2) is 5.84 Å². The van der Waals surface area contributed by atoms with E-state index in [-0.39, 0.29) is 5.82 Å². The Morgan fingerprint density at radius 1 is 1.10 bits per heavy atom. The fourth-order valence-corrected chi connectivity index (χ4v) is 2.03. The second kappa shape index (κ2) is 5.30. The summed E-state index contributed by atoms with van der Waals surface area (Å²) in [6.07, 6.45) is -0.423. The molecule has 0 aliphatic carbocycles. The Hall–Kier alpha value is -2.40. The third-order valence-electron chi connectivity index (χ3n) is 3.08. The Morgan fingerprint density at radius 2 is 1.80 bits per heavy atom. The lowest BCUT2D eigenvalue weighted by Gasteiger charge is -2.31. The number of hydrazine groups is 1. The van der Waals surface area contributed by atoms with E-state index in [1.807, 2.05) is 37.4 Å². The third kappa shape index (κ3) is 2.48. The van der Waals surface area contributed by atoms with Crippen LogP contribution in [0, 0.1) is 5.82 Å². The smallest absolute Gasteiger partial charge is 0.220 e. The number of halogens is 1. The number of amidine groups is 1. The number of nitrogens with zero attached hydrogens (tertiary/aromatic N) is 2. The Kier molecular flexibility index (Phi) is 3.35. The molecule has 1 aliphatic rings. The summed E-state index contributed by atoms with van der Waals surface area (Å²) in [4.78, 5) is 5.45. The molecule has 0 amide bonds. The highest BCUT2D eigenvalue weighted by Crippen LogP contribution is 2.20. The maximum Gasteiger partial charge on any atom is 0.220 e. The van der Waals surface area contributed by atoms with Crippen molar-refractivity contribution >= 4 is 5.84 Å². The van der Waals surface area contributed by atoms with E-state index < -0.39 is 6.23 Å². The second-order valence-corrected chi connectivity index (χ2v) is 4.51. The van der Waals surface area contributed by atoms with Crippen LogP contribution in [0.2, 0.25) is 0 Å². The molecular formula is C15H14FN3O. The van der Waals surface area contributed by atoms with Crippen LogP contribution in [0.1, 0.15) is 17.4 Å². The predicted octanol–water partition coefficient (Wildman–Crippen LogP) is 2.65. The van der Waals surface area contributed by atoms with Crippen LogP contribution in [0.25, 0.3) is 0 Å². The van der Waals surface area contributed by atoms with E-state index in [0.717, 1.165) is 11.1 Å². The van der Waals surface area contributed by atoms with Gasteiger partial charge in [0.05, 0.1) is 0 Å². The molecule has 0 fully saturated rings. The van der Waals surface area contributed by atoms with Crippen molar-refractivity contribution in [3.8, 4) is 0 Å². The van der Waals surface area contributed by atoms with Crippen molar-refractivity contribution in [3.05, 3.63) is 71.5 Å². The largest absolute Gasteiger partial charge is 0.368 e. The Bertz CT molecular complexity index is 613. The summed E-state index contributed by atoms with van der Waals surface area (Å²) in [6, 6.07) is 15.9. The van der Waals surface area contributed by atoms with Crippen molar-refractivity contribution in [2.45, 2.75) is 6.23 Å². The van der Waals surface area contributed by atoms with Gasteiger partial charge in [-0.3, -0.25) is 5.01 Å². The Morgan fingerprint density at radius 3 is 2.45 bits per heavy atom. The summed E-state index contributed by atoms with van der Waals surface area (Å²) in [7, 11) is 1.87. The molecule has 1 N–H and O–H groups in total. The summed E-state index contributed by atoms with van der Waals surface area (Å²) in [6.45, 7) is 0. The molecule has 20 heavy (non-hydrogen) atoms. The van der Waals surface area contributed by atoms with Gasteiger partial charge in [-0.05, 0) is 12.1 Å². The van der Waals surface area contributed by atoms with Crippen molar-refractivity contribution in [1.29, 1.82) is 0 Å². The quantitative estimate of drug-likeness (QED) is 0.912. The fourth-order valence-electron chi connectivity index (χ4n) is 2.03. The predicted molar refractivity (Wildman–Crippen MR) is 74.1 cm³/mol. The summed E-state index contributed by atoms with van der Waals surface area (Å²) in [5.74, 6) is 0.426. The van der Waals surface area contributed by atoms with Crippen LogP contribution in [0.4, 0.5) is 4.39 Å². The van der Waals surface area contributed by atoms with E-state index in [2.05, 4.69) is 10.6 Å². The zero-order valence-corrected chi connectivity index (χ0v) is 11.0. The van der Waals surface area contributed by atoms with Crippen LogP contribution >= 0.6 is 0 Å². The molecule has 2 aromatic rings. The van der Waals surface area contributed by atoms with Gasteiger partial charge in [0, 0.05) is 18.2 Å². The maximum atomic E-state index is 12.9. The molecule has 0 saturated heterocycles. The minimum Gasteiger partial charge on any atom is -0.368 e. The number of oxime groups is 1. The molecule has 0 radical (unpaired) electrons. The molecule has 3 rings (SSSR count). The molecule has 5 heteroatoms. The fraction of sp³-hybridized carbons (Fsp3) is 0.133. The van der Waals surface area contributed by atoms with Gasteiger partial charge < -0.3 is 4.84 Å². The highest BCUT2D eigenvalue weighted by Gasteiger charge is 2.23. The average Bonchev–Trinajstić information content (AvgIpc) is 2.49.